The van der Waals surface area contributed by atoms with Gasteiger partial charge in [0.05, 0.1) is 5.92 Å². The maximum absolute atomic E-state index is 13.1. The molecule has 3 heterocycles. The maximum Gasteiger partial charge on any atom is 0.232 e. The minimum absolute atomic E-state index is 0.0301. The van der Waals surface area contributed by atoms with Crippen LogP contribution in [-0.4, -0.2) is 38.1 Å². The summed E-state index contributed by atoms with van der Waals surface area (Å²) in [5, 5.41) is 0. The molecule has 27 heavy (non-hydrogen) atoms. The Labute approximate surface area is 157 Å². The van der Waals surface area contributed by atoms with E-state index < -0.39 is 0 Å². The molecule has 0 bridgehead atoms. The third kappa shape index (κ3) is 2.72. The van der Waals surface area contributed by atoms with Crippen LogP contribution < -0.4 is 19.3 Å². The number of nitrogens with zero attached hydrogens (tertiary/aromatic N) is 2. The third-order valence-electron chi connectivity index (χ3n) is 5.46. The topological polar surface area (TPSA) is 59.1 Å². The Morgan fingerprint density at radius 3 is 2.74 bits per heavy atom. The van der Waals surface area contributed by atoms with Crippen molar-refractivity contribution in [3.8, 4) is 11.5 Å². The Bertz CT molecular complexity index is 926. The first kappa shape index (κ1) is 16.2. The molecule has 0 aromatic heterocycles. The van der Waals surface area contributed by atoms with E-state index in [1.807, 2.05) is 41.3 Å². The third-order valence-corrected chi connectivity index (χ3v) is 5.46. The molecule has 1 atom stereocenters. The van der Waals surface area contributed by atoms with Crippen LogP contribution in [0.1, 0.15) is 12.0 Å². The van der Waals surface area contributed by atoms with Crippen molar-refractivity contribution in [1.29, 1.82) is 0 Å². The minimum Gasteiger partial charge on any atom is -0.486 e. The number of fused-ring (bicyclic) bond motifs is 2. The highest BCUT2D eigenvalue weighted by Gasteiger charge is 2.39. The number of ether oxygens (including phenoxy) is 2. The summed E-state index contributed by atoms with van der Waals surface area (Å²) < 4.78 is 11.2. The van der Waals surface area contributed by atoms with Gasteiger partial charge in [-0.3, -0.25) is 9.59 Å². The Morgan fingerprint density at radius 2 is 1.85 bits per heavy atom. The van der Waals surface area contributed by atoms with Gasteiger partial charge in [0.15, 0.2) is 11.5 Å². The van der Waals surface area contributed by atoms with E-state index in [0.29, 0.717) is 37.8 Å². The SMILES string of the molecule is O=C1CC(C(=O)N2CCc3ccccc32)CN1c1ccc2c(c1)OCCO2. The first-order valence-corrected chi connectivity index (χ1v) is 9.30. The quantitative estimate of drug-likeness (QED) is 0.821. The summed E-state index contributed by atoms with van der Waals surface area (Å²) in [4.78, 5) is 29.2. The largest absolute Gasteiger partial charge is 0.486 e. The highest BCUT2D eigenvalue weighted by atomic mass is 16.6. The zero-order chi connectivity index (χ0) is 18.4. The number of rotatable bonds is 2. The average molecular weight is 364 g/mol. The van der Waals surface area contributed by atoms with Crippen LogP contribution in [0, 0.1) is 5.92 Å². The molecule has 5 rings (SSSR count). The lowest BCUT2D eigenvalue weighted by Crippen LogP contribution is -2.36. The van der Waals surface area contributed by atoms with Crippen molar-refractivity contribution in [3.05, 3.63) is 48.0 Å². The van der Waals surface area contributed by atoms with Crippen molar-refractivity contribution in [3.63, 3.8) is 0 Å². The van der Waals surface area contributed by atoms with Gasteiger partial charge in [0.2, 0.25) is 11.8 Å². The summed E-state index contributed by atoms with van der Waals surface area (Å²) in [6.07, 6.45) is 1.11. The van der Waals surface area contributed by atoms with Gasteiger partial charge < -0.3 is 19.3 Å². The molecule has 2 aromatic carbocycles. The van der Waals surface area contributed by atoms with Crippen LogP contribution in [0.2, 0.25) is 0 Å². The Hall–Kier alpha value is -3.02. The number of anilines is 2. The predicted molar refractivity (Wildman–Crippen MR) is 100 cm³/mol. The highest BCUT2D eigenvalue weighted by molar-refractivity contribution is 6.05. The van der Waals surface area contributed by atoms with Crippen LogP contribution in [0.3, 0.4) is 0 Å². The number of benzene rings is 2. The minimum atomic E-state index is -0.322. The van der Waals surface area contributed by atoms with Gasteiger partial charge in [-0.2, -0.15) is 0 Å². The molecular formula is C21H20N2O4. The maximum atomic E-state index is 13.1. The number of hydrogen-bond donors (Lipinski definition) is 0. The molecule has 1 unspecified atom stereocenters. The summed E-state index contributed by atoms with van der Waals surface area (Å²) >= 11 is 0. The van der Waals surface area contributed by atoms with Crippen LogP contribution in [0.4, 0.5) is 11.4 Å². The van der Waals surface area contributed by atoms with E-state index in [4.69, 9.17) is 9.47 Å². The van der Waals surface area contributed by atoms with Gasteiger partial charge in [-0.15, -0.1) is 0 Å². The molecule has 1 fully saturated rings. The molecular weight excluding hydrogens is 344 g/mol. The van der Waals surface area contributed by atoms with E-state index in [1.165, 1.54) is 5.56 Å². The molecule has 1 saturated heterocycles. The zero-order valence-electron chi connectivity index (χ0n) is 14.9. The fraction of sp³-hybridized carbons (Fsp3) is 0.333. The molecule has 138 valence electrons. The summed E-state index contributed by atoms with van der Waals surface area (Å²) in [7, 11) is 0. The molecule has 2 aromatic rings. The molecule has 6 heteroatoms. The van der Waals surface area contributed by atoms with Crippen molar-refractivity contribution >= 4 is 23.2 Å². The lowest BCUT2D eigenvalue weighted by molar-refractivity contribution is -0.124. The van der Waals surface area contributed by atoms with E-state index in [0.717, 1.165) is 17.8 Å². The molecule has 0 aliphatic carbocycles. The van der Waals surface area contributed by atoms with Gasteiger partial charge in [-0.1, -0.05) is 18.2 Å². The molecule has 6 nitrogen and oxygen atoms in total. The lowest BCUT2D eigenvalue weighted by atomic mass is 10.1. The zero-order valence-corrected chi connectivity index (χ0v) is 14.9. The summed E-state index contributed by atoms with van der Waals surface area (Å²) in [5.41, 5.74) is 2.92. The van der Waals surface area contributed by atoms with Crippen molar-refractivity contribution in [2.24, 2.45) is 5.92 Å². The molecule has 0 saturated carbocycles. The number of amides is 2. The first-order valence-electron chi connectivity index (χ1n) is 9.30. The van der Waals surface area contributed by atoms with E-state index in [-0.39, 0.29) is 24.2 Å². The van der Waals surface area contributed by atoms with Crippen LogP contribution in [0.25, 0.3) is 0 Å². The Kier molecular flexibility index (Phi) is 3.77. The lowest BCUT2D eigenvalue weighted by Gasteiger charge is -2.23. The fourth-order valence-corrected chi connectivity index (χ4v) is 4.11. The van der Waals surface area contributed by atoms with Crippen molar-refractivity contribution < 1.29 is 19.1 Å². The van der Waals surface area contributed by atoms with Gasteiger partial charge in [0.25, 0.3) is 0 Å². The van der Waals surface area contributed by atoms with E-state index in [2.05, 4.69) is 6.07 Å². The van der Waals surface area contributed by atoms with Crippen LogP contribution in [0.15, 0.2) is 42.5 Å². The van der Waals surface area contributed by atoms with Crippen molar-refractivity contribution in [2.75, 3.05) is 36.1 Å². The van der Waals surface area contributed by atoms with Gasteiger partial charge in [-0.05, 0) is 30.2 Å². The summed E-state index contributed by atoms with van der Waals surface area (Å²) in [6, 6.07) is 13.5. The summed E-state index contributed by atoms with van der Waals surface area (Å²) in [5.74, 6) is 1.02. The smallest absolute Gasteiger partial charge is 0.232 e. The van der Waals surface area contributed by atoms with Crippen LogP contribution in [0.5, 0.6) is 11.5 Å². The molecule has 3 aliphatic rings. The van der Waals surface area contributed by atoms with Gasteiger partial charge in [0.1, 0.15) is 13.2 Å². The second-order valence-electron chi connectivity index (χ2n) is 7.10. The van der Waals surface area contributed by atoms with Crippen molar-refractivity contribution in [1.82, 2.24) is 0 Å². The van der Waals surface area contributed by atoms with Gasteiger partial charge in [-0.25, -0.2) is 0 Å². The monoisotopic (exact) mass is 364 g/mol. The second-order valence-corrected chi connectivity index (χ2v) is 7.10. The van der Waals surface area contributed by atoms with Gasteiger partial charge >= 0.3 is 0 Å². The Morgan fingerprint density at radius 1 is 1.04 bits per heavy atom. The average Bonchev–Trinajstić information content (AvgIpc) is 3.31. The second kappa shape index (κ2) is 6.30. The number of carbonyl (C=O) groups excluding carboxylic acids is 2. The molecule has 3 aliphatic heterocycles. The highest BCUT2D eigenvalue weighted by Crippen LogP contribution is 2.37. The van der Waals surface area contributed by atoms with Crippen LogP contribution >= 0.6 is 0 Å². The molecule has 0 spiro atoms. The normalized spacial score (nSPS) is 20.7. The standard InChI is InChI=1S/C21H20N2O4/c24-20-11-15(21(25)22-8-7-14-3-1-2-4-17(14)22)13-23(20)16-5-6-18-19(12-16)27-10-9-26-18/h1-6,12,15H,7-11,13H2. The predicted octanol–water partition coefficient (Wildman–Crippen LogP) is 2.40. The van der Waals surface area contributed by atoms with E-state index in [9.17, 15) is 9.59 Å². The first-order chi connectivity index (χ1) is 13.2. The fourth-order valence-electron chi connectivity index (χ4n) is 4.11. The van der Waals surface area contributed by atoms with Crippen LogP contribution in [-0.2, 0) is 16.0 Å². The number of hydrogen-bond acceptors (Lipinski definition) is 4. The Balaban J connectivity index is 1.36. The van der Waals surface area contributed by atoms with Crippen molar-refractivity contribution in [2.45, 2.75) is 12.8 Å². The van der Waals surface area contributed by atoms with E-state index in [1.54, 1.807) is 4.90 Å². The molecule has 0 radical (unpaired) electrons. The van der Waals surface area contributed by atoms with E-state index >= 15 is 0 Å². The molecule has 2 amide bonds. The number of carbonyl (C=O) groups is 2. The summed E-state index contributed by atoms with van der Waals surface area (Å²) in [6.45, 7) is 2.12. The van der Waals surface area contributed by atoms with Gasteiger partial charge in [0, 0.05) is 37.0 Å². The number of para-hydroxylation sites is 1. The molecule has 0 N–H and O–H groups in total.